The molecule has 38 nitrogen and oxygen atoms in total. The van der Waals surface area contributed by atoms with Crippen LogP contribution >= 0.6 is 21.6 Å². The van der Waals surface area contributed by atoms with E-state index < -0.39 is 228 Å². The van der Waals surface area contributed by atoms with Crippen molar-refractivity contribution in [3.05, 3.63) is 90.3 Å². The standard InChI is InChI=1S/C78H108N20O18S2/c1-37(2)23-52-67(105)83-32-61(100)87-51(20-21-62(101)102)68(106)90-53(24-38(3)4)72(110)95-63(39(5)6)76(114)92-55(26-44-30-82-50-18-13-11-16-48(44)50)70(108)94-58-35-118-117-34-57(93-66(104)41(8)86-75(113)60-27-45(79)33-98(60)77(115)59-19-14-22-97(59)78(116)64(42(9)99)96-74(58)112)73(111)85-40(7)65(103)88-54(25-43-29-81-49-17-12-10-15-47(43)49)69(107)91-56(71(109)89-52)28-46-31-80-36-84-46/h10-13,15-18,29-31,36-42,45,51-60,63-64,81-82,99H,14,19-28,32-35,79H2,1-9H3,(H,80,84)(H,83,105)(H,85,111)(H,86,113)(H,87,100)(H,88,103)(H,89,109)(H,90,106)(H,91,107)(H,92,114)(H,93,104)(H,94,108)(H,95,110)(H,96,112)(H,101,102)/t40-,41-,42+,45-,51-,52-,53-,54-,55-,56-,57-,58-,59+,60-,63-,64-/m0/s1. The van der Waals surface area contributed by atoms with E-state index in [1.807, 2.05) is 0 Å². The summed E-state index contributed by atoms with van der Waals surface area (Å²) in [5, 5.41) is 56.9. The normalized spacial score (nSPS) is 27.4. The predicted molar refractivity (Wildman–Crippen MR) is 434 cm³/mol. The number of aliphatic hydroxyl groups is 1. The van der Waals surface area contributed by atoms with E-state index in [2.05, 4.69) is 89.1 Å². The number of carbonyl (C=O) groups is 16. The van der Waals surface area contributed by atoms with E-state index in [0.29, 0.717) is 38.6 Å². The van der Waals surface area contributed by atoms with Crippen molar-refractivity contribution >= 4 is 138 Å². The van der Waals surface area contributed by atoms with Crippen molar-refractivity contribution < 1.29 is 86.9 Å². The zero-order chi connectivity index (χ0) is 85.9. The molecule has 2 bridgehead atoms. The van der Waals surface area contributed by atoms with E-state index >= 15 is 19.2 Å². The van der Waals surface area contributed by atoms with Crippen molar-refractivity contribution in [3.8, 4) is 0 Å². The Labute approximate surface area is 688 Å². The number of nitrogens with zero attached hydrogens (tertiary/aromatic N) is 3. The Morgan fingerprint density at radius 3 is 1.55 bits per heavy atom. The zero-order valence-electron chi connectivity index (χ0n) is 67.2. The van der Waals surface area contributed by atoms with Gasteiger partial charge < -0.3 is 110 Å². The van der Waals surface area contributed by atoms with Crippen LogP contribution in [0.15, 0.2) is 73.4 Å². The lowest BCUT2D eigenvalue weighted by molar-refractivity contribution is -0.149. The minimum Gasteiger partial charge on any atom is -0.481 e. The van der Waals surface area contributed by atoms with E-state index in [1.54, 1.807) is 102 Å². The number of amides is 15. The minimum absolute atomic E-state index is 0.0248. The molecule has 9 rings (SSSR count). The van der Waals surface area contributed by atoms with Gasteiger partial charge >= 0.3 is 5.97 Å². The number of aromatic amines is 3. The molecule has 4 fully saturated rings. The molecule has 3 aromatic heterocycles. The number of nitrogens with one attached hydrogen (secondary N) is 16. The molecule has 7 heterocycles. The van der Waals surface area contributed by atoms with Gasteiger partial charge in [0.1, 0.15) is 84.6 Å². The molecule has 40 heteroatoms. The number of fused-ring (bicyclic) bond motifs is 9. The van der Waals surface area contributed by atoms with Crippen LogP contribution in [0, 0.1) is 17.8 Å². The molecule has 15 amide bonds. The van der Waals surface area contributed by atoms with Crippen molar-refractivity contribution in [3.63, 3.8) is 0 Å². The second-order valence-electron chi connectivity index (χ2n) is 31.5. The Balaban J connectivity index is 1.12. The van der Waals surface area contributed by atoms with Gasteiger partial charge in [0.05, 0.1) is 19.0 Å². The van der Waals surface area contributed by atoms with Gasteiger partial charge in [0.25, 0.3) is 0 Å². The number of rotatable bonds is 15. The third-order valence-electron chi connectivity index (χ3n) is 20.8. The van der Waals surface area contributed by atoms with Crippen LogP contribution in [0.25, 0.3) is 21.8 Å². The Morgan fingerprint density at radius 1 is 0.517 bits per heavy atom. The fourth-order valence-corrected chi connectivity index (χ4v) is 16.8. The number of carboxylic acid groups (broad SMARTS) is 1. The summed E-state index contributed by atoms with van der Waals surface area (Å²) in [6, 6.07) is -8.04. The molecule has 4 aliphatic rings. The first-order chi connectivity index (χ1) is 56.0. The maximum absolute atomic E-state index is 15.5. The predicted octanol–water partition coefficient (Wildman–Crippen LogP) is -2.30. The molecule has 0 unspecified atom stereocenters. The topological polar surface area (TPSA) is 563 Å². The van der Waals surface area contributed by atoms with Crippen molar-refractivity contribution in [1.29, 1.82) is 0 Å². The molecule has 2 aromatic carbocycles. The molecule has 118 heavy (non-hydrogen) atoms. The molecule has 0 spiro atoms. The average molecular weight is 1680 g/mol. The lowest BCUT2D eigenvalue weighted by atomic mass is 9.98. The second-order valence-corrected chi connectivity index (χ2v) is 34.1. The van der Waals surface area contributed by atoms with Crippen molar-refractivity contribution in [2.75, 3.05) is 31.1 Å². The summed E-state index contributed by atoms with van der Waals surface area (Å²) in [5.41, 5.74) is 9.06. The van der Waals surface area contributed by atoms with Crippen LogP contribution in [0.3, 0.4) is 0 Å². The van der Waals surface area contributed by atoms with Crippen LogP contribution in [0.4, 0.5) is 0 Å². The average Bonchev–Trinajstić information content (AvgIpc) is 1.64. The van der Waals surface area contributed by atoms with Crippen LogP contribution in [0.5, 0.6) is 0 Å². The first-order valence-electron chi connectivity index (χ1n) is 39.5. The number of carboxylic acids is 1. The highest BCUT2D eigenvalue weighted by Gasteiger charge is 2.48. The molecule has 0 aliphatic carbocycles. The van der Waals surface area contributed by atoms with E-state index in [-0.39, 0.29) is 76.3 Å². The molecule has 20 N–H and O–H groups in total. The van der Waals surface area contributed by atoms with Gasteiger partial charge in [-0.3, -0.25) is 76.7 Å². The number of para-hydroxylation sites is 2. The summed E-state index contributed by atoms with van der Waals surface area (Å²) < 4.78 is 0. The third-order valence-corrected chi connectivity index (χ3v) is 23.3. The highest BCUT2D eigenvalue weighted by atomic mass is 33.1. The third kappa shape index (κ3) is 24.5. The summed E-state index contributed by atoms with van der Waals surface area (Å²) in [5.74, 6) is -17.6. The molecule has 0 saturated carbocycles. The lowest BCUT2D eigenvalue weighted by Crippen LogP contribution is -2.62. The maximum Gasteiger partial charge on any atom is 0.303 e. The van der Waals surface area contributed by atoms with Crippen molar-refractivity contribution in [2.45, 2.75) is 223 Å². The molecular weight excluding hydrogens is 1570 g/mol. The van der Waals surface area contributed by atoms with Gasteiger partial charge in [0.15, 0.2) is 0 Å². The highest BCUT2D eigenvalue weighted by Crippen LogP contribution is 2.29. The number of carbonyl (C=O) groups excluding carboxylic acids is 15. The maximum atomic E-state index is 15.5. The zero-order valence-corrected chi connectivity index (χ0v) is 68.8. The second kappa shape index (κ2) is 41.8. The first kappa shape index (κ1) is 90.8. The summed E-state index contributed by atoms with van der Waals surface area (Å²) >= 11 is 0. The Hall–Kier alpha value is -11.1. The summed E-state index contributed by atoms with van der Waals surface area (Å²) in [6.07, 6.45) is 2.44. The Morgan fingerprint density at radius 2 is 1.00 bits per heavy atom. The molecule has 4 saturated heterocycles. The van der Waals surface area contributed by atoms with E-state index in [0.717, 1.165) is 21.6 Å². The van der Waals surface area contributed by atoms with Gasteiger partial charge in [-0.15, -0.1) is 0 Å². The molecule has 5 aromatic rings. The van der Waals surface area contributed by atoms with Gasteiger partial charge in [0, 0.05) is 102 Å². The van der Waals surface area contributed by atoms with Crippen molar-refractivity contribution in [2.24, 2.45) is 23.5 Å². The first-order valence-corrected chi connectivity index (χ1v) is 42.0. The summed E-state index contributed by atoms with van der Waals surface area (Å²) in [7, 11) is 1.74. The van der Waals surface area contributed by atoms with Crippen LogP contribution < -0.4 is 74.9 Å². The molecule has 4 aliphatic heterocycles. The Bertz CT molecular complexity index is 4500. The highest BCUT2D eigenvalue weighted by molar-refractivity contribution is 8.76. The molecular formula is C78H108N20O18S2. The minimum atomic E-state index is -1.79. The number of hydrogen-bond donors (Lipinski definition) is 19. The van der Waals surface area contributed by atoms with Crippen LogP contribution in [0.1, 0.15) is 124 Å². The van der Waals surface area contributed by atoms with Crippen molar-refractivity contribution in [1.82, 2.24) is 98.9 Å². The number of aliphatic hydroxyl groups excluding tert-OH is 1. The van der Waals surface area contributed by atoms with Gasteiger partial charge in [-0.25, -0.2) is 4.98 Å². The Kier molecular flexibility index (Phi) is 32.2. The number of nitrogens with two attached hydrogens (primary N) is 1. The quantitative estimate of drug-likeness (QED) is 0.0490. The number of benzene rings is 2. The smallest absolute Gasteiger partial charge is 0.303 e. The molecule has 16 atom stereocenters. The fraction of sp³-hybridized carbons (Fsp3) is 0.551. The molecule has 640 valence electrons. The summed E-state index contributed by atoms with van der Waals surface area (Å²) in [4.78, 5) is 249. The summed E-state index contributed by atoms with van der Waals surface area (Å²) in [6.45, 7) is 12.9. The van der Waals surface area contributed by atoms with Gasteiger partial charge in [-0.05, 0) is 100 Å². The van der Waals surface area contributed by atoms with Crippen LogP contribution in [-0.2, 0) is 96.0 Å². The fourth-order valence-electron chi connectivity index (χ4n) is 14.5. The lowest BCUT2D eigenvalue weighted by Gasteiger charge is -2.34. The van der Waals surface area contributed by atoms with Gasteiger partial charge in [0.2, 0.25) is 88.6 Å². The number of aliphatic carboxylic acids is 1. The number of hydrogen-bond acceptors (Lipinski definition) is 21. The van der Waals surface area contributed by atoms with E-state index in [4.69, 9.17) is 5.73 Å². The van der Waals surface area contributed by atoms with Gasteiger partial charge in [-0.1, -0.05) is 99.5 Å². The molecule has 0 radical (unpaired) electrons. The SMILES string of the molecule is CC(C)C[C@@H]1NC(=O)[C@H](Cc2cnc[nH]2)NC(=O)[C@H](Cc2c[nH]c3ccccc23)NC(=O)[C@H](C)NC(=O)[C@@H]2CSSC[C@H](NC(=O)[C@H](Cc3c[nH]c4ccccc34)NC(=O)[C@H](C(C)C)NC(=O)[C@H](CC(C)C)NC(=O)[C@H](CCC(=O)O)NC(=O)CNC1=O)C(=O)N[C@@H]([C@@H](C)O)C(=O)N1CCC[C@@H]1C(=O)N1C[C@@H](N)C[C@H]1C(=O)N[C@@H](C)C(=O)N2. The van der Waals surface area contributed by atoms with E-state index in [1.165, 1.54) is 43.1 Å². The van der Waals surface area contributed by atoms with Crippen LogP contribution in [-0.4, -0.2) is 262 Å². The number of aromatic nitrogens is 4. The van der Waals surface area contributed by atoms with Crippen LogP contribution in [0.2, 0.25) is 0 Å². The monoisotopic (exact) mass is 1680 g/mol. The van der Waals surface area contributed by atoms with E-state index in [9.17, 15) is 67.7 Å². The largest absolute Gasteiger partial charge is 0.481 e. The van der Waals surface area contributed by atoms with Gasteiger partial charge in [-0.2, -0.15) is 0 Å². The number of imidazole rings is 1. The number of H-pyrrole nitrogens is 3.